The number of rotatable bonds is 5. The fourth-order valence-electron chi connectivity index (χ4n) is 1.15. The molecule has 0 atom stereocenters. The summed E-state index contributed by atoms with van der Waals surface area (Å²) in [4.78, 5) is 0. The highest BCUT2D eigenvalue weighted by atomic mass is 79.9. The first-order valence-corrected chi connectivity index (χ1v) is 5.52. The van der Waals surface area contributed by atoms with Crippen LogP contribution in [-0.4, -0.2) is 20.3 Å². The van der Waals surface area contributed by atoms with Crippen LogP contribution < -0.4 is 5.32 Å². The Hall–Kier alpha value is -0.540. The molecule has 0 heterocycles. The molecule has 0 aliphatic carbocycles. The summed E-state index contributed by atoms with van der Waals surface area (Å²) in [6.45, 7) is 3.84. The first kappa shape index (κ1) is 11.5. The van der Waals surface area contributed by atoms with Gasteiger partial charge < -0.3 is 10.1 Å². The van der Waals surface area contributed by atoms with E-state index in [1.54, 1.807) is 7.11 Å². The van der Waals surface area contributed by atoms with Crippen LogP contribution >= 0.6 is 15.9 Å². The summed E-state index contributed by atoms with van der Waals surface area (Å²) in [7, 11) is 1.72. The molecular weight excluding hydrogens is 242 g/mol. The summed E-state index contributed by atoms with van der Waals surface area (Å²) in [5, 5.41) is 3.34. The zero-order chi connectivity index (χ0) is 10.4. The van der Waals surface area contributed by atoms with Crippen LogP contribution in [-0.2, 0) is 4.74 Å². The van der Waals surface area contributed by atoms with Gasteiger partial charge in [0.2, 0.25) is 0 Å². The topological polar surface area (TPSA) is 21.3 Å². The Labute approximate surface area is 93.8 Å². The number of hydrogen-bond acceptors (Lipinski definition) is 2. The molecule has 2 nitrogen and oxygen atoms in total. The van der Waals surface area contributed by atoms with Gasteiger partial charge in [-0.1, -0.05) is 22.0 Å². The maximum Gasteiger partial charge on any atom is 0.0479 e. The Morgan fingerprint density at radius 1 is 1.43 bits per heavy atom. The second-order valence-electron chi connectivity index (χ2n) is 3.24. The number of aryl methyl sites for hydroxylation is 1. The lowest BCUT2D eigenvalue weighted by atomic mass is 10.2. The molecule has 0 radical (unpaired) electrons. The van der Waals surface area contributed by atoms with E-state index in [-0.39, 0.29) is 0 Å². The van der Waals surface area contributed by atoms with Gasteiger partial charge in [0, 0.05) is 30.4 Å². The molecular formula is C11H16BrNO. The predicted octanol–water partition coefficient (Wildman–Crippen LogP) is 3.21. The summed E-state index contributed by atoms with van der Waals surface area (Å²) in [6.07, 6.45) is 1.03. The van der Waals surface area contributed by atoms with Crippen molar-refractivity contribution in [1.29, 1.82) is 0 Å². The van der Waals surface area contributed by atoms with Gasteiger partial charge in [0.15, 0.2) is 0 Å². The monoisotopic (exact) mass is 257 g/mol. The molecule has 1 N–H and O–H groups in total. The van der Waals surface area contributed by atoms with Crippen molar-refractivity contribution < 1.29 is 4.74 Å². The van der Waals surface area contributed by atoms with E-state index in [1.165, 1.54) is 5.56 Å². The van der Waals surface area contributed by atoms with Crippen LogP contribution in [0, 0.1) is 6.92 Å². The molecule has 78 valence electrons. The highest BCUT2D eigenvalue weighted by Crippen LogP contribution is 2.20. The van der Waals surface area contributed by atoms with Gasteiger partial charge in [-0.05, 0) is 31.0 Å². The van der Waals surface area contributed by atoms with Crippen molar-refractivity contribution in [1.82, 2.24) is 0 Å². The fourth-order valence-corrected chi connectivity index (χ4v) is 1.53. The standard InChI is InChI=1S/C11H16BrNO/c1-9-4-5-10(8-11(9)12)13-6-3-7-14-2/h4-5,8,13H,3,6-7H2,1-2H3. The van der Waals surface area contributed by atoms with Crippen molar-refractivity contribution in [3.05, 3.63) is 28.2 Å². The van der Waals surface area contributed by atoms with Crippen molar-refractivity contribution in [2.75, 3.05) is 25.6 Å². The molecule has 0 aromatic heterocycles. The summed E-state index contributed by atoms with van der Waals surface area (Å²) in [5.74, 6) is 0. The Morgan fingerprint density at radius 3 is 2.86 bits per heavy atom. The molecule has 0 unspecified atom stereocenters. The molecule has 0 amide bonds. The lowest BCUT2D eigenvalue weighted by Gasteiger charge is -2.07. The van der Waals surface area contributed by atoms with E-state index in [9.17, 15) is 0 Å². The van der Waals surface area contributed by atoms with Crippen LogP contribution in [0.5, 0.6) is 0 Å². The Balaban J connectivity index is 2.39. The lowest BCUT2D eigenvalue weighted by molar-refractivity contribution is 0.198. The molecule has 1 rings (SSSR count). The van der Waals surface area contributed by atoms with Gasteiger partial charge in [0.25, 0.3) is 0 Å². The SMILES string of the molecule is COCCCNc1ccc(C)c(Br)c1. The van der Waals surface area contributed by atoms with Crippen molar-refractivity contribution in [2.24, 2.45) is 0 Å². The van der Waals surface area contributed by atoms with Crippen molar-refractivity contribution in [2.45, 2.75) is 13.3 Å². The van der Waals surface area contributed by atoms with Gasteiger partial charge in [-0.2, -0.15) is 0 Å². The van der Waals surface area contributed by atoms with Gasteiger partial charge in [-0.15, -0.1) is 0 Å². The molecule has 0 aliphatic heterocycles. The molecule has 0 bridgehead atoms. The summed E-state index contributed by atoms with van der Waals surface area (Å²) < 4.78 is 6.12. The molecule has 3 heteroatoms. The van der Waals surface area contributed by atoms with Crippen LogP contribution in [0.25, 0.3) is 0 Å². The third kappa shape index (κ3) is 3.68. The Morgan fingerprint density at radius 2 is 2.21 bits per heavy atom. The van der Waals surface area contributed by atoms with Crippen LogP contribution in [0.3, 0.4) is 0 Å². The highest BCUT2D eigenvalue weighted by molar-refractivity contribution is 9.10. The minimum Gasteiger partial charge on any atom is -0.385 e. The van der Waals surface area contributed by atoms with Crippen molar-refractivity contribution >= 4 is 21.6 Å². The number of hydrogen-bond donors (Lipinski definition) is 1. The van der Waals surface area contributed by atoms with E-state index in [0.29, 0.717) is 0 Å². The smallest absolute Gasteiger partial charge is 0.0479 e. The normalized spacial score (nSPS) is 10.2. The summed E-state index contributed by atoms with van der Waals surface area (Å²) in [6, 6.07) is 6.29. The third-order valence-electron chi connectivity index (χ3n) is 2.03. The van der Waals surface area contributed by atoms with Crippen molar-refractivity contribution in [3.8, 4) is 0 Å². The van der Waals surface area contributed by atoms with Crippen molar-refractivity contribution in [3.63, 3.8) is 0 Å². The maximum atomic E-state index is 4.97. The average Bonchev–Trinajstić information content (AvgIpc) is 2.18. The molecule has 0 saturated heterocycles. The lowest BCUT2D eigenvalue weighted by Crippen LogP contribution is -2.04. The second kappa shape index (κ2) is 6.04. The number of methoxy groups -OCH3 is 1. The van der Waals surface area contributed by atoms with Gasteiger partial charge in [-0.25, -0.2) is 0 Å². The molecule has 0 saturated carbocycles. The zero-order valence-corrected chi connectivity index (χ0v) is 10.2. The van der Waals surface area contributed by atoms with Gasteiger partial charge >= 0.3 is 0 Å². The van der Waals surface area contributed by atoms with E-state index >= 15 is 0 Å². The van der Waals surface area contributed by atoms with Crippen LogP contribution in [0.15, 0.2) is 22.7 Å². The first-order chi connectivity index (χ1) is 6.74. The molecule has 1 aromatic carbocycles. The minimum atomic E-state index is 0.806. The maximum absolute atomic E-state index is 4.97. The molecule has 0 fully saturated rings. The van der Waals surface area contributed by atoms with Crippen LogP contribution in [0.1, 0.15) is 12.0 Å². The van der Waals surface area contributed by atoms with E-state index < -0.39 is 0 Å². The van der Waals surface area contributed by atoms with E-state index in [0.717, 1.165) is 29.7 Å². The largest absolute Gasteiger partial charge is 0.385 e. The van der Waals surface area contributed by atoms with Gasteiger partial charge in [0.1, 0.15) is 0 Å². The second-order valence-corrected chi connectivity index (χ2v) is 4.09. The number of halogens is 1. The van der Waals surface area contributed by atoms with E-state index in [4.69, 9.17) is 4.74 Å². The zero-order valence-electron chi connectivity index (χ0n) is 8.64. The van der Waals surface area contributed by atoms with E-state index in [1.807, 2.05) is 0 Å². The van der Waals surface area contributed by atoms with E-state index in [2.05, 4.69) is 46.4 Å². The highest BCUT2D eigenvalue weighted by Gasteiger charge is 1.96. The number of nitrogens with one attached hydrogen (secondary N) is 1. The number of anilines is 1. The third-order valence-corrected chi connectivity index (χ3v) is 2.88. The quantitative estimate of drug-likeness (QED) is 0.819. The molecule has 0 aliphatic rings. The number of benzene rings is 1. The average molecular weight is 258 g/mol. The molecule has 0 spiro atoms. The van der Waals surface area contributed by atoms with Crippen LogP contribution in [0.2, 0.25) is 0 Å². The Kier molecular flexibility index (Phi) is 4.98. The fraction of sp³-hybridized carbons (Fsp3) is 0.455. The predicted molar refractivity (Wildman–Crippen MR) is 63.9 cm³/mol. The van der Waals surface area contributed by atoms with Crippen LogP contribution in [0.4, 0.5) is 5.69 Å². The summed E-state index contributed by atoms with van der Waals surface area (Å²) in [5.41, 5.74) is 2.41. The minimum absolute atomic E-state index is 0.806. The van der Waals surface area contributed by atoms with Gasteiger partial charge in [0.05, 0.1) is 0 Å². The molecule has 14 heavy (non-hydrogen) atoms. The first-order valence-electron chi connectivity index (χ1n) is 4.73. The Bertz CT molecular complexity index is 289. The van der Waals surface area contributed by atoms with Gasteiger partial charge in [-0.3, -0.25) is 0 Å². The number of ether oxygens (including phenoxy) is 1. The molecule has 1 aromatic rings. The summed E-state index contributed by atoms with van der Waals surface area (Å²) >= 11 is 3.50.